The third-order valence-corrected chi connectivity index (χ3v) is 5.51. The van der Waals surface area contributed by atoms with Gasteiger partial charge in [-0.2, -0.15) is 5.10 Å². The molecule has 1 heterocycles. The minimum Gasteiger partial charge on any atom is -0.496 e. The van der Waals surface area contributed by atoms with Gasteiger partial charge in [0.05, 0.1) is 7.11 Å². The van der Waals surface area contributed by atoms with E-state index in [4.69, 9.17) is 21.1 Å². The first-order chi connectivity index (χ1) is 14.8. The number of ketones is 1. The van der Waals surface area contributed by atoms with E-state index in [1.165, 1.54) is 0 Å². The Morgan fingerprint density at radius 2 is 1.97 bits per heavy atom. The number of ether oxygens (including phenoxy) is 2. The predicted octanol–water partition coefficient (Wildman–Crippen LogP) is 5.99. The molecule has 0 N–H and O–H groups in total. The molecule has 31 heavy (non-hydrogen) atoms. The third kappa shape index (κ3) is 5.36. The zero-order valence-electron chi connectivity index (χ0n) is 18.5. The average molecular weight is 439 g/mol. The number of benzene rings is 2. The standard InChI is InChI=1S/C25H27ClN2O3/c1-16(2)20-14-21(26)17(3)12-25(20)31-15-19-13-18(7-9-24(19)30-5)6-8-23(29)22-10-11-27-28(22)4/h6-14,16H,15H2,1-5H3/b8-6+. The number of rotatable bonds is 8. The fourth-order valence-corrected chi connectivity index (χ4v) is 3.46. The van der Waals surface area contributed by atoms with Gasteiger partial charge >= 0.3 is 0 Å². The van der Waals surface area contributed by atoms with E-state index >= 15 is 0 Å². The summed E-state index contributed by atoms with van der Waals surface area (Å²) in [5.41, 5.74) is 4.34. The largest absolute Gasteiger partial charge is 0.496 e. The number of allylic oxidation sites excluding steroid dienone is 1. The topological polar surface area (TPSA) is 53.3 Å². The van der Waals surface area contributed by atoms with Crippen LogP contribution < -0.4 is 9.47 Å². The van der Waals surface area contributed by atoms with Crippen molar-refractivity contribution in [3.8, 4) is 11.5 Å². The van der Waals surface area contributed by atoms with Crippen LogP contribution in [0.25, 0.3) is 6.08 Å². The Morgan fingerprint density at radius 1 is 1.19 bits per heavy atom. The van der Waals surface area contributed by atoms with E-state index in [1.807, 2.05) is 37.3 Å². The maximum Gasteiger partial charge on any atom is 0.203 e. The molecule has 2 aromatic carbocycles. The smallest absolute Gasteiger partial charge is 0.203 e. The lowest BCUT2D eigenvalue weighted by atomic mass is 10.0. The number of halogens is 1. The van der Waals surface area contributed by atoms with Gasteiger partial charge in [-0.3, -0.25) is 9.48 Å². The van der Waals surface area contributed by atoms with Crippen molar-refractivity contribution in [1.29, 1.82) is 0 Å². The molecule has 3 aromatic rings. The molecule has 0 fully saturated rings. The van der Waals surface area contributed by atoms with Crippen LogP contribution in [0.15, 0.2) is 48.7 Å². The van der Waals surface area contributed by atoms with E-state index in [2.05, 4.69) is 18.9 Å². The van der Waals surface area contributed by atoms with E-state index in [1.54, 1.807) is 43.3 Å². The molecular formula is C25H27ClN2O3. The monoisotopic (exact) mass is 438 g/mol. The van der Waals surface area contributed by atoms with Gasteiger partial charge in [-0.25, -0.2) is 0 Å². The van der Waals surface area contributed by atoms with Gasteiger partial charge in [0.2, 0.25) is 5.78 Å². The number of carbonyl (C=O) groups is 1. The first-order valence-electron chi connectivity index (χ1n) is 10.1. The molecule has 3 rings (SSSR count). The van der Waals surface area contributed by atoms with E-state index in [-0.39, 0.29) is 11.7 Å². The van der Waals surface area contributed by atoms with Crippen LogP contribution in [0.5, 0.6) is 11.5 Å². The maximum absolute atomic E-state index is 12.4. The second-order valence-electron chi connectivity index (χ2n) is 7.69. The Balaban J connectivity index is 1.82. The van der Waals surface area contributed by atoms with Crippen LogP contribution in [0.4, 0.5) is 0 Å². The molecule has 0 bridgehead atoms. The lowest BCUT2D eigenvalue weighted by molar-refractivity contribution is 0.103. The first-order valence-corrected chi connectivity index (χ1v) is 10.5. The molecular weight excluding hydrogens is 412 g/mol. The average Bonchev–Trinajstić information content (AvgIpc) is 3.18. The van der Waals surface area contributed by atoms with Crippen molar-refractivity contribution in [1.82, 2.24) is 9.78 Å². The number of hydrogen-bond acceptors (Lipinski definition) is 4. The summed E-state index contributed by atoms with van der Waals surface area (Å²) in [7, 11) is 3.38. The van der Waals surface area contributed by atoms with Crippen molar-refractivity contribution in [2.24, 2.45) is 7.05 Å². The van der Waals surface area contributed by atoms with Crippen LogP contribution in [0.3, 0.4) is 0 Å². The van der Waals surface area contributed by atoms with Crippen molar-refractivity contribution in [2.45, 2.75) is 33.3 Å². The summed E-state index contributed by atoms with van der Waals surface area (Å²) in [6.45, 7) is 6.52. The Bertz CT molecular complexity index is 1120. The SMILES string of the molecule is COc1ccc(/C=C/C(=O)c2ccnn2C)cc1COc1cc(C)c(Cl)cc1C(C)C. The highest BCUT2D eigenvalue weighted by molar-refractivity contribution is 6.31. The van der Waals surface area contributed by atoms with Crippen LogP contribution in [0.2, 0.25) is 5.02 Å². The predicted molar refractivity (Wildman–Crippen MR) is 124 cm³/mol. The lowest BCUT2D eigenvalue weighted by Crippen LogP contribution is -2.04. The molecule has 0 amide bonds. The van der Waals surface area contributed by atoms with Crippen LogP contribution in [0, 0.1) is 6.92 Å². The van der Waals surface area contributed by atoms with E-state index in [0.717, 1.165) is 38.8 Å². The fraction of sp³-hybridized carbons (Fsp3) is 0.280. The molecule has 0 aliphatic rings. The van der Waals surface area contributed by atoms with Gasteiger partial charge < -0.3 is 9.47 Å². The molecule has 0 atom stereocenters. The van der Waals surface area contributed by atoms with Crippen LogP contribution in [-0.2, 0) is 13.7 Å². The van der Waals surface area contributed by atoms with Crippen molar-refractivity contribution in [2.75, 3.05) is 7.11 Å². The molecule has 0 aliphatic heterocycles. The number of nitrogens with zero attached hydrogens (tertiary/aromatic N) is 2. The van der Waals surface area contributed by atoms with Gasteiger partial charge in [-0.1, -0.05) is 37.6 Å². The van der Waals surface area contributed by atoms with E-state index < -0.39 is 0 Å². The Hall–Kier alpha value is -3.05. The summed E-state index contributed by atoms with van der Waals surface area (Å²) >= 11 is 6.31. The Kier molecular flexibility index (Phi) is 7.18. The summed E-state index contributed by atoms with van der Waals surface area (Å²) in [6, 6.07) is 11.4. The third-order valence-electron chi connectivity index (χ3n) is 5.10. The number of methoxy groups -OCH3 is 1. The quantitative estimate of drug-likeness (QED) is 0.320. The second kappa shape index (κ2) is 9.84. The van der Waals surface area contributed by atoms with Crippen LogP contribution in [-0.4, -0.2) is 22.7 Å². The highest BCUT2D eigenvalue weighted by Crippen LogP contribution is 2.33. The van der Waals surface area contributed by atoms with Crippen molar-refractivity contribution in [3.05, 3.63) is 81.6 Å². The molecule has 162 valence electrons. The summed E-state index contributed by atoms with van der Waals surface area (Å²) in [5.74, 6) is 1.72. The molecule has 0 spiro atoms. The summed E-state index contributed by atoms with van der Waals surface area (Å²) < 4.78 is 13.2. The number of carbonyl (C=O) groups excluding carboxylic acids is 1. The number of aromatic nitrogens is 2. The van der Waals surface area contributed by atoms with Gasteiger partial charge in [0.25, 0.3) is 0 Å². The molecule has 0 unspecified atom stereocenters. The number of aryl methyl sites for hydroxylation is 2. The Morgan fingerprint density at radius 3 is 2.61 bits per heavy atom. The Labute approximate surface area is 188 Å². The van der Waals surface area contributed by atoms with Crippen molar-refractivity contribution < 1.29 is 14.3 Å². The summed E-state index contributed by atoms with van der Waals surface area (Å²) in [6.07, 6.45) is 4.93. The fourth-order valence-electron chi connectivity index (χ4n) is 3.29. The molecule has 0 saturated heterocycles. The minimum atomic E-state index is -0.105. The lowest BCUT2D eigenvalue weighted by Gasteiger charge is -2.17. The van der Waals surface area contributed by atoms with Crippen LogP contribution >= 0.6 is 11.6 Å². The van der Waals surface area contributed by atoms with Gasteiger partial charge in [0.15, 0.2) is 0 Å². The molecule has 0 radical (unpaired) electrons. The first kappa shape index (κ1) is 22.6. The molecule has 1 aromatic heterocycles. The summed E-state index contributed by atoms with van der Waals surface area (Å²) in [4.78, 5) is 12.4. The zero-order chi connectivity index (χ0) is 22.5. The normalized spacial score (nSPS) is 11.3. The van der Waals surface area contributed by atoms with Crippen LogP contribution in [0.1, 0.15) is 52.5 Å². The van der Waals surface area contributed by atoms with Gasteiger partial charge in [0, 0.05) is 23.8 Å². The van der Waals surface area contributed by atoms with E-state index in [9.17, 15) is 4.79 Å². The molecule has 6 heteroatoms. The highest BCUT2D eigenvalue weighted by atomic mass is 35.5. The highest BCUT2D eigenvalue weighted by Gasteiger charge is 2.13. The summed E-state index contributed by atoms with van der Waals surface area (Å²) in [5, 5.41) is 4.77. The van der Waals surface area contributed by atoms with E-state index in [0.29, 0.717) is 12.3 Å². The molecule has 5 nitrogen and oxygen atoms in total. The molecule has 0 saturated carbocycles. The zero-order valence-corrected chi connectivity index (χ0v) is 19.2. The van der Waals surface area contributed by atoms with Gasteiger partial charge in [-0.15, -0.1) is 0 Å². The van der Waals surface area contributed by atoms with Gasteiger partial charge in [-0.05, 0) is 65.9 Å². The van der Waals surface area contributed by atoms with Crippen molar-refractivity contribution >= 4 is 23.5 Å². The van der Waals surface area contributed by atoms with Gasteiger partial charge in [0.1, 0.15) is 23.8 Å². The minimum absolute atomic E-state index is 0.105. The van der Waals surface area contributed by atoms with Crippen molar-refractivity contribution in [3.63, 3.8) is 0 Å². The number of hydrogen-bond donors (Lipinski definition) is 0. The molecule has 0 aliphatic carbocycles. The second-order valence-corrected chi connectivity index (χ2v) is 8.10. The maximum atomic E-state index is 12.4.